The second-order valence-corrected chi connectivity index (χ2v) is 10.5. The topological polar surface area (TPSA) is 71.5 Å². The molecular weight excluding hydrogens is 446 g/mol. The van der Waals surface area contributed by atoms with E-state index in [0.717, 1.165) is 33.7 Å². The standard InChI is InChI=1S/C27H29N3O3S/c1-18-7-8-23(34-18)26(32)30-15-11-27(12-16-30)22-6-4-3-5-21(22)24(29-19(2)31)25(27)33-17-20-9-13-28-14-10-20/h3-10,13-14,24-25H,11-12,15-17H2,1-2H3,(H,29,31)/t24-,25+/m0/s1. The van der Waals surface area contributed by atoms with Crippen LogP contribution in [0.1, 0.15) is 57.0 Å². The minimum Gasteiger partial charge on any atom is -0.370 e. The van der Waals surface area contributed by atoms with E-state index in [0.29, 0.717) is 19.7 Å². The Labute approximate surface area is 204 Å². The Morgan fingerprint density at radius 2 is 1.85 bits per heavy atom. The van der Waals surface area contributed by atoms with Crippen molar-refractivity contribution in [3.05, 3.63) is 87.4 Å². The third-order valence-electron chi connectivity index (χ3n) is 7.11. The van der Waals surface area contributed by atoms with Crippen molar-refractivity contribution in [3.63, 3.8) is 0 Å². The summed E-state index contributed by atoms with van der Waals surface area (Å²) in [5.41, 5.74) is 3.13. The molecule has 3 heterocycles. The van der Waals surface area contributed by atoms with Gasteiger partial charge in [-0.15, -0.1) is 11.3 Å². The minimum absolute atomic E-state index is 0.0740. The molecule has 0 saturated carbocycles. The van der Waals surface area contributed by atoms with Gasteiger partial charge in [0.15, 0.2) is 0 Å². The summed E-state index contributed by atoms with van der Waals surface area (Å²) in [4.78, 5) is 33.3. The van der Waals surface area contributed by atoms with Gasteiger partial charge in [-0.2, -0.15) is 0 Å². The largest absolute Gasteiger partial charge is 0.370 e. The molecule has 1 aliphatic carbocycles. The number of carbonyl (C=O) groups is 2. The first kappa shape index (κ1) is 22.7. The summed E-state index contributed by atoms with van der Waals surface area (Å²) in [5.74, 6) is 0.0296. The molecule has 2 aromatic heterocycles. The van der Waals surface area contributed by atoms with Crippen LogP contribution < -0.4 is 5.32 Å². The Morgan fingerprint density at radius 1 is 1.12 bits per heavy atom. The van der Waals surface area contributed by atoms with Crippen molar-refractivity contribution in [2.45, 2.75) is 50.9 Å². The van der Waals surface area contributed by atoms with Gasteiger partial charge >= 0.3 is 0 Å². The van der Waals surface area contributed by atoms with Crippen LogP contribution in [0.4, 0.5) is 0 Å². The molecule has 0 radical (unpaired) electrons. The number of aryl methyl sites for hydroxylation is 1. The Morgan fingerprint density at radius 3 is 2.53 bits per heavy atom. The highest BCUT2D eigenvalue weighted by atomic mass is 32.1. The highest BCUT2D eigenvalue weighted by Gasteiger charge is 2.54. The van der Waals surface area contributed by atoms with Gasteiger partial charge in [-0.05, 0) is 60.7 Å². The first-order valence-corrected chi connectivity index (χ1v) is 12.5. The normalized spacial score (nSPS) is 20.8. The molecule has 1 spiro atoms. The predicted molar refractivity (Wildman–Crippen MR) is 132 cm³/mol. The molecule has 6 nitrogen and oxygen atoms in total. The van der Waals surface area contributed by atoms with Crippen LogP contribution in [0.3, 0.4) is 0 Å². The molecule has 5 rings (SSSR count). The van der Waals surface area contributed by atoms with Crippen LogP contribution >= 0.6 is 11.3 Å². The third kappa shape index (κ3) is 4.14. The van der Waals surface area contributed by atoms with Crippen molar-refractivity contribution in [1.29, 1.82) is 0 Å². The summed E-state index contributed by atoms with van der Waals surface area (Å²) in [6, 6.07) is 15.9. The van der Waals surface area contributed by atoms with Crippen LogP contribution in [0.2, 0.25) is 0 Å². The third-order valence-corrected chi connectivity index (χ3v) is 8.10. The number of aromatic nitrogens is 1. The van der Waals surface area contributed by atoms with E-state index in [4.69, 9.17) is 4.74 Å². The molecule has 176 valence electrons. The molecule has 34 heavy (non-hydrogen) atoms. The molecule has 0 bridgehead atoms. The van der Waals surface area contributed by atoms with Crippen molar-refractivity contribution < 1.29 is 14.3 Å². The zero-order valence-corrected chi connectivity index (χ0v) is 20.3. The molecule has 0 unspecified atom stereocenters. The highest BCUT2D eigenvalue weighted by molar-refractivity contribution is 7.13. The van der Waals surface area contributed by atoms with Crippen molar-refractivity contribution in [1.82, 2.24) is 15.2 Å². The van der Waals surface area contributed by atoms with Gasteiger partial charge in [0, 0.05) is 42.7 Å². The Balaban J connectivity index is 1.44. The fraction of sp³-hybridized carbons (Fsp3) is 0.370. The van der Waals surface area contributed by atoms with E-state index in [9.17, 15) is 9.59 Å². The number of hydrogen-bond acceptors (Lipinski definition) is 5. The molecule has 3 aromatic rings. The van der Waals surface area contributed by atoms with Crippen molar-refractivity contribution in [2.75, 3.05) is 13.1 Å². The smallest absolute Gasteiger partial charge is 0.263 e. The number of carbonyl (C=O) groups excluding carboxylic acids is 2. The maximum absolute atomic E-state index is 13.1. The Bertz CT molecular complexity index is 1180. The molecule has 1 aromatic carbocycles. The van der Waals surface area contributed by atoms with Gasteiger partial charge < -0.3 is 15.0 Å². The van der Waals surface area contributed by atoms with E-state index in [1.807, 2.05) is 42.2 Å². The van der Waals surface area contributed by atoms with Crippen LogP contribution in [0.15, 0.2) is 60.9 Å². The summed E-state index contributed by atoms with van der Waals surface area (Å²) in [5, 5.41) is 3.16. The maximum atomic E-state index is 13.1. The lowest BCUT2D eigenvalue weighted by molar-refractivity contribution is -0.122. The van der Waals surface area contributed by atoms with Crippen LogP contribution in [0.25, 0.3) is 0 Å². The second kappa shape index (κ2) is 9.31. The van der Waals surface area contributed by atoms with Gasteiger partial charge in [0.1, 0.15) is 0 Å². The molecule has 1 aliphatic heterocycles. The zero-order chi connectivity index (χ0) is 23.7. The summed E-state index contributed by atoms with van der Waals surface area (Å²) in [6.07, 6.45) is 4.89. The molecule has 2 atom stereocenters. The molecule has 1 N–H and O–H groups in total. The summed E-state index contributed by atoms with van der Waals surface area (Å²) < 4.78 is 6.62. The molecule has 7 heteroatoms. The van der Waals surface area contributed by atoms with Crippen molar-refractivity contribution in [2.24, 2.45) is 0 Å². The van der Waals surface area contributed by atoms with E-state index in [1.54, 1.807) is 30.7 Å². The van der Waals surface area contributed by atoms with Crippen LogP contribution in [0.5, 0.6) is 0 Å². The summed E-state index contributed by atoms with van der Waals surface area (Å²) in [7, 11) is 0. The molecule has 2 amide bonds. The lowest BCUT2D eigenvalue weighted by Gasteiger charge is -2.44. The lowest BCUT2D eigenvalue weighted by atomic mass is 9.71. The number of piperidine rings is 1. The summed E-state index contributed by atoms with van der Waals surface area (Å²) in [6.45, 7) is 5.33. The number of fused-ring (bicyclic) bond motifs is 2. The van der Waals surface area contributed by atoms with Crippen molar-refractivity contribution >= 4 is 23.2 Å². The van der Waals surface area contributed by atoms with E-state index in [-0.39, 0.29) is 29.4 Å². The maximum Gasteiger partial charge on any atom is 0.263 e. The van der Waals surface area contributed by atoms with Crippen LogP contribution in [-0.4, -0.2) is 40.9 Å². The minimum atomic E-state index is -0.265. The van der Waals surface area contributed by atoms with Gasteiger partial charge in [0.25, 0.3) is 5.91 Å². The Hall–Kier alpha value is -3.03. The number of hydrogen-bond donors (Lipinski definition) is 1. The number of amides is 2. The van der Waals surface area contributed by atoms with Gasteiger partial charge in [-0.3, -0.25) is 14.6 Å². The zero-order valence-electron chi connectivity index (χ0n) is 19.5. The van der Waals surface area contributed by atoms with Crippen molar-refractivity contribution in [3.8, 4) is 0 Å². The molecule has 1 saturated heterocycles. The summed E-state index contributed by atoms with van der Waals surface area (Å²) >= 11 is 1.55. The first-order chi connectivity index (χ1) is 16.5. The van der Waals surface area contributed by atoms with E-state index in [1.165, 1.54) is 5.56 Å². The Kier molecular flexibility index (Phi) is 6.23. The quantitative estimate of drug-likeness (QED) is 0.594. The first-order valence-electron chi connectivity index (χ1n) is 11.7. The average molecular weight is 476 g/mol. The second-order valence-electron chi connectivity index (χ2n) is 9.21. The monoisotopic (exact) mass is 475 g/mol. The lowest BCUT2D eigenvalue weighted by Crippen LogP contribution is -2.51. The molecule has 2 aliphatic rings. The number of benzene rings is 1. The number of ether oxygens (including phenoxy) is 1. The van der Waals surface area contributed by atoms with E-state index in [2.05, 4.69) is 28.5 Å². The van der Waals surface area contributed by atoms with Gasteiger partial charge in [0.2, 0.25) is 5.91 Å². The number of thiophene rings is 1. The van der Waals surface area contributed by atoms with Crippen LogP contribution in [0, 0.1) is 6.92 Å². The van der Waals surface area contributed by atoms with E-state index >= 15 is 0 Å². The number of nitrogens with one attached hydrogen (secondary N) is 1. The SMILES string of the molecule is CC(=O)N[C@H]1c2ccccc2C2(CCN(C(=O)c3ccc(C)s3)CC2)[C@@H]1OCc1ccncc1. The average Bonchev–Trinajstić information content (AvgIpc) is 3.39. The predicted octanol–water partition coefficient (Wildman–Crippen LogP) is 4.40. The van der Waals surface area contributed by atoms with Gasteiger partial charge in [-0.1, -0.05) is 24.3 Å². The van der Waals surface area contributed by atoms with Crippen LogP contribution in [-0.2, 0) is 21.6 Å². The molecular formula is C27H29N3O3S. The number of nitrogens with zero attached hydrogens (tertiary/aromatic N) is 2. The number of likely N-dealkylation sites (tertiary alicyclic amines) is 1. The molecule has 1 fully saturated rings. The fourth-order valence-corrected chi connectivity index (χ4v) is 6.35. The fourth-order valence-electron chi connectivity index (χ4n) is 5.52. The van der Waals surface area contributed by atoms with Gasteiger partial charge in [0.05, 0.1) is 23.6 Å². The number of pyridine rings is 1. The van der Waals surface area contributed by atoms with E-state index < -0.39 is 0 Å². The van der Waals surface area contributed by atoms with Gasteiger partial charge in [-0.25, -0.2) is 0 Å². The highest BCUT2D eigenvalue weighted by Crippen LogP contribution is 2.52. The number of rotatable bonds is 5.